The Hall–Kier alpha value is -1.00. The molecule has 0 bridgehead atoms. The van der Waals surface area contributed by atoms with Crippen LogP contribution in [0.4, 0.5) is 8.78 Å². The van der Waals surface area contributed by atoms with E-state index < -0.39 is 19.1 Å². The summed E-state index contributed by atoms with van der Waals surface area (Å²) in [6.45, 7) is 1.36. The van der Waals surface area contributed by atoms with Crippen molar-refractivity contribution in [2.45, 2.75) is 32.3 Å². The maximum absolute atomic E-state index is 11.8. The van der Waals surface area contributed by atoms with Gasteiger partial charge < -0.3 is 9.84 Å². The quantitative estimate of drug-likeness (QED) is 0.799. The van der Waals surface area contributed by atoms with Crippen molar-refractivity contribution in [1.29, 1.82) is 0 Å². The Labute approximate surface area is 100 Å². The molecule has 0 saturated heterocycles. The van der Waals surface area contributed by atoms with Crippen molar-refractivity contribution < 1.29 is 18.6 Å². The molecule has 0 amide bonds. The van der Waals surface area contributed by atoms with Crippen LogP contribution in [0.1, 0.15) is 30.6 Å². The van der Waals surface area contributed by atoms with Crippen LogP contribution in [0, 0.1) is 0 Å². The van der Waals surface area contributed by atoms with Crippen molar-refractivity contribution >= 4 is 0 Å². The normalized spacial score (nSPS) is 13.0. The highest BCUT2D eigenvalue weighted by Gasteiger charge is 2.09. The molecule has 17 heavy (non-hydrogen) atoms. The molecule has 1 atom stereocenters. The highest BCUT2D eigenvalue weighted by atomic mass is 19.3. The first-order chi connectivity index (χ1) is 8.13. The van der Waals surface area contributed by atoms with E-state index in [-0.39, 0.29) is 6.61 Å². The number of aliphatic hydroxyl groups is 1. The Balaban J connectivity index is 2.43. The van der Waals surface area contributed by atoms with Gasteiger partial charge >= 0.3 is 0 Å². The lowest BCUT2D eigenvalue weighted by molar-refractivity contribution is -0.0204. The third-order valence-electron chi connectivity index (χ3n) is 2.42. The van der Waals surface area contributed by atoms with Gasteiger partial charge in [-0.2, -0.15) is 0 Å². The lowest BCUT2D eigenvalue weighted by Gasteiger charge is -2.12. The summed E-state index contributed by atoms with van der Waals surface area (Å²) in [5.74, 6) is 0. The van der Waals surface area contributed by atoms with E-state index in [9.17, 15) is 13.9 Å². The van der Waals surface area contributed by atoms with Crippen LogP contribution in [0.25, 0.3) is 0 Å². The maximum Gasteiger partial charge on any atom is 0.261 e. The number of ether oxygens (including phenoxy) is 1. The molecule has 0 aliphatic carbocycles. The minimum atomic E-state index is -2.49. The number of aliphatic hydroxyl groups excluding tert-OH is 1. The molecule has 0 aliphatic rings. The second kappa shape index (κ2) is 7.35. The molecule has 0 heterocycles. The fourth-order valence-electron chi connectivity index (χ4n) is 1.56. The van der Waals surface area contributed by atoms with Crippen molar-refractivity contribution in [3.63, 3.8) is 0 Å². The van der Waals surface area contributed by atoms with Gasteiger partial charge in [-0.25, -0.2) is 8.78 Å². The Kier molecular flexibility index (Phi) is 6.08. The number of halogens is 2. The van der Waals surface area contributed by atoms with Gasteiger partial charge in [0.2, 0.25) is 0 Å². The van der Waals surface area contributed by atoms with Crippen molar-refractivity contribution in [2.75, 3.05) is 13.2 Å². The Morgan fingerprint density at radius 2 is 1.82 bits per heavy atom. The largest absolute Gasteiger partial charge is 0.386 e. The minimum Gasteiger partial charge on any atom is -0.386 e. The standard InChI is InChI=1S/C13H18F2O2/c1-2-3-10-4-6-11(7-5-10)12(16)8-17-9-13(14)15/h4-7,12-13,16H,2-3,8-9H2,1H3. The zero-order valence-corrected chi connectivity index (χ0v) is 9.90. The second-order valence-corrected chi connectivity index (χ2v) is 3.94. The first-order valence-corrected chi connectivity index (χ1v) is 5.76. The first-order valence-electron chi connectivity index (χ1n) is 5.76. The monoisotopic (exact) mass is 244 g/mol. The smallest absolute Gasteiger partial charge is 0.261 e. The summed E-state index contributed by atoms with van der Waals surface area (Å²) in [5.41, 5.74) is 1.90. The highest BCUT2D eigenvalue weighted by Crippen LogP contribution is 2.15. The van der Waals surface area contributed by atoms with E-state index in [0.717, 1.165) is 12.8 Å². The van der Waals surface area contributed by atoms with Gasteiger partial charge in [0, 0.05) is 0 Å². The number of hydrogen-bond acceptors (Lipinski definition) is 2. The van der Waals surface area contributed by atoms with Crippen molar-refractivity contribution in [3.8, 4) is 0 Å². The lowest BCUT2D eigenvalue weighted by Crippen LogP contribution is -2.11. The number of aryl methyl sites for hydroxylation is 1. The SMILES string of the molecule is CCCc1ccc(C(O)COCC(F)F)cc1. The molecule has 0 saturated carbocycles. The molecule has 0 radical (unpaired) electrons. The number of alkyl halides is 2. The van der Waals surface area contributed by atoms with E-state index in [1.54, 1.807) is 12.1 Å². The number of benzene rings is 1. The molecule has 0 fully saturated rings. The predicted molar refractivity (Wildman–Crippen MR) is 62.2 cm³/mol. The van der Waals surface area contributed by atoms with Crippen molar-refractivity contribution in [1.82, 2.24) is 0 Å². The third-order valence-corrected chi connectivity index (χ3v) is 2.42. The molecular weight excluding hydrogens is 226 g/mol. The molecule has 1 N–H and O–H groups in total. The van der Waals surface area contributed by atoms with Gasteiger partial charge in [0.25, 0.3) is 6.43 Å². The Bertz CT molecular complexity index is 312. The number of hydrogen-bond donors (Lipinski definition) is 1. The maximum atomic E-state index is 11.8. The average molecular weight is 244 g/mol. The zero-order valence-electron chi connectivity index (χ0n) is 9.90. The molecule has 0 spiro atoms. The van der Waals surface area contributed by atoms with Crippen molar-refractivity contribution in [2.24, 2.45) is 0 Å². The zero-order chi connectivity index (χ0) is 12.7. The van der Waals surface area contributed by atoms with Crippen LogP contribution in [0.2, 0.25) is 0 Å². The number of rotatable bonds is 7. The van der Waals surface area contributed by atoms with Crippen molar-refractivity contribution in [3.05, 3.63) is 35.4 Å². The summed E-state index contributed by atoms with van der Waals surface area (Å²) in [6.07, 6.45) is -1.27. The molecule has 1 unspecified atom stereocenters. The van der Waals surface area contributed by atoms with E-state index >= 15 is 0 Å². The van der Waals surface area contributed by atoms with Crippen LogP contribution >= 0.6 is 0 Å². The molecule has 1 rings (SSSR count). The summed E-state index contributed by atoms with van der Waals surface area (Å²) in [5, 5.41) is 9.68. The third kappa shape index (κ3) is 5.24. The summed E-state index contributed by atoms with van der Waals surface area (Å²) in [6, 6.07) is 7.49. The molecular formula is C13H18F2O2. The molecule has 0 aliphatic heterocycles. The molecule has 2 nitrogen and oxygen atoms in total. The van der Waals surface area contributed by atoms with Gasteiger partial charge in [0.1, 0.15) is 12.7 Å². The van der Waals surface area contributed by atoms with Crippen LogP contribution < -0.4 is 0 Å². The van der Waals surface area contributed by atoms with Crippen LogP contribution in [0.15, 0.2) is 24.3 Å². The fourth-order valence-corrected chi connectivity index (χ4v) is 1.56. The van der Waals surface area contributed by atoms with Crippen LogP contribution in [-0.2, 0) is 11.2 Å². The highest BCUT2D eigenvalue weighted by molar-refractivity contribution is 5.24. The first kappa shape index (κ1) is 14.1. The van der Waals surface area contributed by atoms with Gasteiger partial charge in [-0.15, -0.1) is 0 Å². The van der Waals surface area contributed by atoms with Crippen LogP contribution in [0.3, 0.4) is 0 Å². The van der Waals surface area contributed by atoms with E-state index in [1.807, 2.05) is 12.1 Å². The topological polar surface area (TPSA) is 29.5 Å². The minimum absolute atomic E-state index is 0.0997. The van der Waals surface area contributed by atoms with Crippen LogP contribution in [0.5, 0.6) is 0 Å². The van der Waals surface area contributed by atoms with Gasteiger partial charge in [-0.3, -0.25) is 0 Å². The van der Waals surface area contributed by atoms with E-state index in [0.29, 0.717) is 5.56 Å². The van der Waals surface area contributed by atoms with E-state index in [4.69, 9.17) is 0 Å². The molecule has 1 aromatic carbocycles. The van der Waals surface area contributed by atoms with Crippen LogP contribution in [-0.4, -0.2) is 24.7 Å². The lowest BCUT2D eigenvalue weighted by atomic mass is 10.0. The van der Waals surface area contributed by atoms with Gasteiger partial charge in [0.15, 0.2) is 0 Å². The molecule has 1 aromatic rings. The van der Waals surface area contributed by atoms with E-state index in [1.165, 1.54) is 5.56 Å². The summed E-state index contributed by atoms with van der Waals surface area (Å²) in [4.78, 5) is 0. The Morgan fingerprint density at radius 1 is 1.18 bits per heavy atom. The van der Waals surface area contributed by atoms with Gasteiger partial charge in [-0.05, 0) is 17.5 Å². The fraction of sp³-hybridized carbons (Fsp3) is 0.538. The summed E-state index contributed by atoms with van der Waals surface area (Å²) < 4.78 is 28.3. The second-order valence-electron chi connectivity index (χ2n) is 3.94. The van der Waals surface area contributed by atoms with Gasteiger partial charge in [-0.1, -0.05) is 37.6 Å². The molecule has 96 valence electrons. The van der Waals surface area contributed by atoms with Gasteiger partial charge in [0.05, 0.1) is 6.61 Å². The molecule has 0 aromatic heterocycles. The Morgan fingerprint density at radius 3 is 2.35 bits per heavy atom. The van der Waals surface area contributed by atoms with E-state index in [2.05, 4.69) is 11.7 Å². The summed E-state index contributed by atoms with van der Waals surface area (Å²) in [7, 11) is 0. The summed E-state index contributed by atoms with van der Waals surface area (Å²) >= 11 is 0. The predicted octanol–water partition coefficient (Wildman–Crippen LogP) is 2.95. The average Bonchev–Trinajstić information content (AvgIpc) is 2.30. The molecule has 4 heteroatoms.